The van der Waals surface area contributed by atoms with Gasteiger partial charge >= 0.3 is 0 Å². The summed E-state index contributed by atoms with van der Waals surface area (Å²) in [7, 11) is 1.64. The predicted molar refractivity (Wildman–Crippen MR) is 126 cm³/mol. The molecule has 0 aromatic carbocycles. The number of aliphatic hydroxyl groups excluding tert-OH is 1. The molecule has 4 nitrogen and oxygen atoms in total. The lowest BCUT2D eigenvalue weighted by Crippen LogP contribution is -2.50. The van der Waals surface area contributed by atoms with E-state index in [1.807, 2.05) is 0 Å². The molecule has 0 aromatic heterocycles. The van der Waals surface area contributed by atoms with Crippen molar-refractivity contribution in [2.45, 2.75) is 110 Å². The van der Waals surface area contributed by atoms with Gasteiger partial charge < -0.3 is 5.11 Å². The van der Waals surface area contributed by atoms with Gasteiger partial charge in [-0.3, -0.25) is 9.63 Å². The van der Waals surface area contributed by atoms with Crippen LogP contribution in [0.2, 0.25) is 0 Å². The van der Waals surface area contributed by atoms with Crippen molar-refractivity contribution in [1.29, 1.82) is 0 Å². The Labute approximate surface area is 195 Å². The third-order valence-corrected chi connectivity index (χ3v) is 11.0. The van der Waals surface area contributed by atoms with Crippen LogP contribution in [0.3, 0.4) is 0 Å². The van der Waals surface area contributed by atoms with Crippen LogP contribution in [0.5, 0.6) is 0 Å². The Morgan fingerprint density at radius 3 is 2.66 bits per heavy atom. The number of hydrogen-bond donors (Lipinski definition) is 1. The van der Waals surface area contributed by atoms with Crippen LogP contribution >= 0.6 is 0 Å². The van der Waals surface area contributed by atoms with Crippen LogP contribution in [0.4, 0.5) is 0 Å². The first-order valence-electron chi connectivity index (χ1n) is 13.5. The quantitative estimate of drug-likeness (QED) is 0.411. The van der Waals surface area contributed by atoms with Crippen molar-refractivity contribution in [2.24, 2.45) is 40.4 Å². The van der Waals surface area contributed by atoms with Crippen molar-refractivity contribution in [3.05, 3.63) is 11.6 Å². The molecular formula is C28H45NO3. The van der Waals surface area contributed by atoms with Crippen molar-refractivity contribution in [2.75, 3.05) is 7.11 Å². The van der Waals surface area contributed by atoms with Gasteiger partial charge in [0.1, 0.15) is 0 Å². The number of carbonyl (C=O) groups is 1. The van der Waals surface area contributed by atoms with E-state index in [0.717, 1.165) is 55.8 Å². The molecule has 1 amide bonds. The summed E-state index contributed by atoms with van der Waals surface area (Å²) in [5.74, 6) is 3.96. The molecule has 4 saturated carbocycles. The molecule has 0 bridgehead atoms. The van der Waals surface area contributed by atoms with Crippen LogP contribution in [0.1, 0.15) is 97.8 Å². The van der Waals surface area contributed by atoms with Gasteiger partial charge in [-0.2, -0.15) is 0 Å². The smallest absolute Gasteiger partial charge is 0.246 e. The molecule has 5 aliphatic rings. The largest absolute Gasteiger partial charge is 0.393 e. The molecule has 5 rings (SSSR count). The van der Waals surface area contributed by atoms with Crippen LogP contribution in [-0.4, -0.2) is 35.3 Å². The van der Waals surface area contributed by atoms with Crippen molar-refractivity contribution < 1.29 is 14.7 Å². The van der Waals surface area contributed by atoms with Gasteiger partial charge in [0.15, 0.2) is 0 Å². The molecule has 1 N–H and O–H groups in total. The van der Waals surface area contributed by atoms with E-state index in [9.17, 15) is 9.90 Å². The summed E-state index contributed by atoms with van der Waals surface area (Å²) in [6.07, 6.45) is 15.9. The van der Waals surface area contributed by atoms with Crippen LogP contribution < -0.4 is 0 Å². The minimum absolute atomic E-state index is 0.118. The lowest BCUT2D eigenvalue weighted by molar-refractivity contribution is -0.179. The maximum absolute atomic E-state index is 12.7. The summed E-state index contributed by atoms with van der Waals surface area (Å²) in [6, 6.07) is 0.331. The zero-order chi connectivity index (χ0) is 22.7. The zero-order valence-corrected chi connectivity index (χ0v) is 20.8. The molecule has 0 aromatic rings. The van der Waals surface area contributed by atoms with Gasteiger partial charge in [-0.1, -0.05) is 32.4 Å². The van der Waals surface area contributed by atoms with Crippen molar-refractivity contribution in [1.82, 2.24) is 5.06 Å². The highest BCUT2D eigenvalue weighted by molar-refractivity contribution is 5.75. The predicted octanol–water partition coefficient (Wildman–Crippen LogP) is 5.90. The normalized spacial score (nSPS) is 44.2. The Morgan fingerprint density at radius 2 is 1.94 bits per heavy atom. The second-order valence-electron chi connectivity index (χ2n) is 12.5. The maximum atomic E-state index is 12.7. The number of carbonyl (C=O) groups excluding carboxylic acids is 1. The first-order chi connectivity index (χ1) is 15.3. The average Bonchev–Trinajstić information content (AvgIpc) is 3.53. The molecule has 0 radical (unpaired) electrons. The van der Waals surface area contributed by atoms with Crippen LogP contribution in [-0.2, 0) is 9.63 Å². The number of hydrogen-bond acceptors (Lipinski definition) is 3. The highest BCUT2D eigenvalue weighted by Gasteiger charge is 2.59. The molecule has 32 heavy (non-hydrogen) atoms. The number of allylic oxidation sites excluding steroid dienone is 1. The van der Waals surface area contributed by atoms with E-state index in [1.165, 1.54) is 38.5 Å². The van der Waals surface area contributed by atoms with Gasteiger partial charge in [0.2, 0.25) is 5.91 Å². The number of rotatable bonds is 6. The summed E-state index contributed by atoms with van der Waals surface area (Å²) < 4.78 is 0. The first kappa shape index (κ1) is 22.9. The van der Waals surface area contributed by atoms with Crippen molar-refractivity contribution in [3.8, 4) is 0 Å². The van der Waals surface area contributed by atoms with Gasteiger partial charge in [-0.15, -0.1) is 0 Å². The van der Waals surface area contributed by atoms with E-state index in [1.54, 1.807) is 17.7 Å². The van der Waals surface area contributed by atoms with Crippen LogP contribution in [0, 0.1) is 40.4 Å². The minimum atomic E-state index is -0.118. The zero-order valence-electron chi connectivity index (χ0n) is 20.8. The number of fused-ring (bicyclic) bond motifs is 5. The Bertz CT molecular complexity index is 760. The SMILES string of the molecule is CON(C(=O)CC[C@@H](C)[C@H]1CC[C@H]2[C@@H]3CC=C4C[C@@H](O)CC[C@]4(C)[C@H]3CC[C@]12C)C1CC1. The molecule has 180 valence electrons. The highest BCUT2D eigenvalue weighted by Crippen LogP contribution is 2.67. The molecule has 0 aliphatic heterocycles. The van der Waals surface area contributed by atoms with Crippen LogP contribution in [0.15, 0.2) is 11.6 Å². The maximum Gasteiger partial charge on any atom is 0.246 e. The third kappa shape index (κ3) is 3.68. The Kier molecular flexibility index (Phi) is 6.02. The fourth-order valence-corrected chi connectivity index (χ4v) is 9.04. The topological polar surface area (TPSA) is 49.8 Å². The summed E-state index contributed by atoms with van der Waals surface area (Å²) >= 11 is 0. The summed E-state index contributed by atoms with van der Waals surface area (Å²) in [5.41, 5.74) is 2.32. The van der Waals surface area contributed by atoms with Gasteiger partial charge in [0.05, 0.1) is 19.3 Å². The molecule has 0 spiro atoms. The number of aliphatic hydroxyl groups is 1. The monoisotopic (exact) mass is 443 g/mol. The van der Waals surface area contributed by atoms with Gasteiger partial charge in [-0.25, -0.2) is 5.06 Å². The van der Waals surface area contributed by atoms with Crippen molar-refractivity contribution >= 4 is 5.91 Å². The molecule has 4 heteroatoms. The molecular weight excluding hydrogens is 398 g/mol. The third-order valence-electron chi connectivity index (χ3n) is 11.0. The van der Waals surface area contributed by atoms with E-state index in [2.05, 4.69) is 26.8 Å². The van der Waals surface area contributed by atoms with E-state index >= 15 is 0 Å². The number of hydroxylamine groups is 2. The summed E-state index contributed by atoms with van der Waals surface area (Å²) in [6.45, 7) is 7.53. The van der Waals surface area contributed by atoms with E-state index in [-0.39, 0.29) is 12.0 Å². The number of amides is 1. The highest BCUT2D eigenvalue weighted by atomic mass is 16.7. The number of nitrogens with zero attached hydrogens (tertiary/aromatic N) is 1. The Balaban J connectivity index is 1.26. The standard InChI is InChI=1S/C28H45NO3/c1-18(5-12-26(31)29(32-4)20-7-8-20)23-10-11-24-22-9-6-19-17-21(30)13-15-27(19,2)25(22)14-16-28(23,24)3/h6,18,20-25,30H,5,7-17H2,1-4H3/t18-,21+,22+,23-,24+,25+,27+,28-/m1/s1. The molecule has 0 heterocycles. The van der Waals surface area contributed by atoms with Gasteiger partial charge in [0, 0.05) is 6.42 Å². The summed E-state index contributed by atoms with van der Waals surface area (Å²) in [4.78, 5) is 18.1. The first-order valence-corrected chi connectivity index (χ1v) is 13.5. The second-order valence-corrected chi connectivity index (χ2v) is 12.5. The Morgan fingerprint density at radius 1 is 1.16 bits per heavy atom. The van der Waals surface area contributed by atoms with Gasteiger partial charge in [0.25, 0.3) is 0 Å². The summed E-state index contributed by atoms with van der Waals surface area (Å²) in [5, 5.41) is 11.9. The van der Waals surface area contributed by atoms with Crippen molar-refractivity contribution in [3.63, 3.8) is 0 Å². The van der Waals surface area contributed by atoms with Gasteiger partial charge in [-0.05, 0) is 111 Å². The molecule has 0 unspecified atom stereocenters. The van der Waals surface area contributed by atoms with E-state index < -0.39 is 0 Å². The molecule has 0 saturated heterocycles. The second kappa shape index (κ2) is 8.41. The van der Waals surface area contributed by atoms with E-state index in [0.29, 0.717) is 29.2 Å². The molecule has 5 aliphatic carbocycles. The Hall–Kier alpha value is -0.870. The molecule has 8 atom stereocenters. The fourth-order valence-electron chi connectivity index (χ4n) is 9.04. The molecule has 4 fully saturated rings. The lowest BCUT2D eigenvalue weighted by atomic mass is 9.47. The average molecular weight is 444 g/mol. The lowest BCUT2D eigenvalue weighted by Gasteiger charge is -2.58. The van der Waals surface area contributed by atoms with Crippen LogP contribution in [0.25, 0.3) is 0 Å². The minimum Gasteiger partial charge on any atom is -0.393 e. The fraction of sp³-hybridized carbons (Fsp3) is 0.893. The van der Waals surface area contributed by atoms with E-state index in [4.69, 9.17) is 4.84 Å².